The highest BCUT2D eigenvalue weighted by molar-refractivity contribution is 8.00. The molecule has 1 aliphatic carbocycles. The Morgan fingerprint density at radius 2 is 1.40 bits per heavy atom. The van der Waals surface area contributed by atoms with Gasteiger partial charge in [-0.25, -0.2) is 0 Å². The van der Waals surface area contributed by atoms with Gasteiger partial charge in [-0.15, -0.1) is 11.8 Å². The van der Waals surface area contributed by atoms with Gasteiger partial charge in [0.2, 0.25) is 0 Å². The summed E-state index contributed by atoms with van der Waals surface area (Å²) in [6.07, 6.45) is 2.54. The zero-order valence-corrected chi connectivity index (χ0v) is 26.2. The molecule has 228 valence electrons. The number of hydrogen-bond donors (Lipinski definition) is 2. The molecule has 6 heteroatoms. The van der Waals surface area contributed by atoms with Crippen LogP contribution in [0.2, 0.25) is 0 Å². The van der Waals surface area contributed by atoms with Crippen molar-refractivity contribution in [2.45, 2.75) is 11.3 Å². The summed E-state index contributed by atoms with van der Waals surface area (Å²) in [5, 5.41) is 7.76. The second-order valence-corrected chi connectivity index (χ2v) is 12.4. The molecule has 0 bridgehead atoms. The van der Waals surface area contributed by atoms with Crippen molar-refractivity contribution >= 4 is 51.9 Å². The van der Waals surface area contributed by atoms with Crippen molar-refractivity contribution in [3.63, 3.8) is 0 Å². The zero-order valence-electron chi connectivity index (χ0n) is 25.4. The summed E-state index contributed by atoms with van der Waals surface area (Å²) >= 11 is 1.42. The van der Waals surface area contributed by atoms with E-state index in [0.29, 0.717) is 16.8 Å². The van der Waals surface area contributed by atoms with E-state index < -0.39 is 5.91 Å². The molecular formula is C41H30N2O3S. The predicted octanol–water partition coefficient (Wildman–Crippen LogP) is 8.80. The SMILES string of the molecule is O=C(Nc1cccc(SCC(=O)c2ccc3c(c2)Cc2ccccc2-3)c1)/C(=C/c1cccc2ccccc12)NC(=O)c1ccccc1. The van der Waals surface area contributed by atoms with Crippen LogP contribution >= 0.6 is 11.8 Å². The summed E-state index contributed by atoms with van der Waals surface area (Å²) < 4.78 is 0. The van der Waals surface area contributed by atoms with Gasteiger partial charge in [-0.05, 0) is 87.5 Å². The Morgan fingerprint density at radius 1 is 0.660 bits per heavy atom. The number of carbonyl (C=O) groups is 3. The zero-order chi connectivity index (χ0) is 32.2. The van der Waals surface area contributed by atoms with Gasteiger partial charge in [0.05, 0.1) is 5.75 Å². The summed E-state index contributed by atoms with van der Waals surface area (Å²) in [4.78, 5) is 40.9. The van der Waals surface area contributed by atoms with E-state index >= 15 is 0 Å². The first-order chi connectivity index (χ1) is 23.0. The third kappa shape index (κ3) is 6.64. The molecule has 0 spiro atoms. The van der Waals surface area contributed by atoms with E-state index in [9.17, 15) is 14.4 Å². The summed E-state index contributed by atoms with van der Waals surface area (Å²) in [5.41, 5.74) is 7.52. The van der Waals surface area contributed by atoms with Gasteiger partial charge in [0.15, 0.2) is 5.78 Å². The maximum atomic E-state index is 13.7. The summed E-state index contributed by atoms with van der Waals surface area (Å²) in [6, 6.07) is 44.2. The predicted molar refractivity (Wildman–Crippen MR) is 191 cm³/mol. The van der Waals surface area contributed by atoms with Crippen LogP contribution in [0.3, 0.4) is 0 Å². The van der Waals surface area contributed by atoms with Crippen LogP contribution in [0.4, 0.5) is 5.69 Å². The molecule has 0 unspecified atom stereocenters. The third-order valence-corrected chi connectivity index (χ3v) is 9.22. The number of benzene rings is 6. The number of hydrogen-bond acceptors (Lipinski definition) is 4. The van der Waals surface area contributed by atoms with E-state index in [-0.39, 0.29) is 23.1 Å². The maximum Gasteiger partial charge on any atom is 0.272 e. The van der Waals surface area contributed by atoms with Crippen LogP contribution in [0.1, 0.15) is 37.4 Å². The molecule has 2 amide bonds. The van der Waals surface area contributed by atoms with E-state index in [1.165, 1.54) is 34.0 Å². The molecule has 5 nitrogen and oxygen atoms in total. The van der Waals surface area contributed by atoms with E-state index in [1.807, 2.05) is 91.0 Å². The Kier molecular flexibility index (Phi) is 8.50. The lowest BCUT2D eigenvalue weighted by molar-refractivity contribution is -0.113. The third-order valence-electron chi connectivity index (χ3n) is 8.23. The van der Waals surface area contributed by atoms with Gasteiger partial charge in [-0.2, -0.15) is 0 Å². The number of rotatable bonds is 9. The Balaban J connectivity index is 1.07. The molecule has 0 atom stereocenters. The number of fused-ring (bicyclic) bond motifs is 4. The Labute approximate surface area is 277 Å². The Hall–Kier alpha value is -5.72. The fraction of sp³-hybridized carbons (Fsp3) is 0.0488. The van der Waals surface area contributed by atoms with Gasteiger partial charge in [0.1, 0.15) is 5.70 Å². The number of amides is 2. The molecule has 6 aromatic carbocycles. The van der Waals surface area contributed by atoms with Crippen LogP contribution < -0.4 is 10.6 Å². The number of thioether (sulfide) groups is 1. The van der Waals surface area contributed by atoms with Crippen molar-refractivity contribution in [1.82, 2.24) is 5.32 Å². The molecule has 2 N–H and O–H groups in total. The van der Waals surface area contributed by atoms with Crippen LogP contribution in [0, 0.1) is 0 Å². The first kappa shape index (κ1) is 30.0. The first-order valence-electron chi connectivity index (χ1n) is 15.4. The second kappa shape index (κ2) is 13.3. The average molecular weight is 631 g/mol. The summed E-state index contributed by atoms with van der Waals surface area (Å²) in [6.45, 7) is 0. The van der Waals surface area contributed by atoms with Crippen molar-refractivity contribution in [3.05, 3.63) is 173 Å². The van der Waals surface area contributed by atoms with Crippen molar-refractivity contribution < 1.29 is 14.4 Å². The largest absolute Gasteiger partial charge is 0.321 e. The number of anilines is 1. The lowest BCUT2D eigenvalue weighted by Gasteiger charge is -2.13. The second-order valence-electron chi connectivity index (χ2n) is 11.3. The minimum atomic E-state index is -0.459. The molecule has 0 saturated heterocycles. The molecule has 0 fully saturated rings. The van der Waals surface area contributed by atoms with Crippen molar-refractivity contribution in [2.24, 2.45) is 0 Å². The van der Waals surface area contributed by atoms with Gasteiger partial charge in [0, 0.05) is 21.7 Å². The Morgan fingerprint density at radius 3 is 2.30 bits per heavy atom. The average Bonchev–Trinajstić information content (AvgIpc) is 3.49. The van der Waals surface area contributed by atoms with Gasteiger partial charge in [0.25, 0.3) is 11.8 Å². The quantitative estimate of drug-likeness (QED) is 0.0950. The lowest BCUT2D eigenvalue weighted by Crippen LogP contribution is -2.30. The van der Waals surface area contributed by atoms with E-state index in [4.69, 9.17) is 0 Å². The topological polar surface area (TPSA) is 75.3 Å². The molecule has 47 heavy (non-hydrogen) atoms. The molecule has 0 saturated carbocycles. The van der Waals surface area contributed by atoms with Crippen LogP contribution in [-0.4, -0.2) is 23.4 Å². The molecule has 0 aliphatic heterocycles. The summed E-state index contributed by atoms with van der Waals surface area (Å²) in [7, 11) is 0. The molecular weight excluding hydrogens is 601 g/mol. The number of Topliss-reactive ketones (excluding diaryl/α,β-unsaturated/α-hetero) is 1. The number of carbonyl (C=O) groups excluding carboxylic acids is 3. The van der Waals surface area contributed by atoms with Crippen LogP contribution in [0.25, 0.3) is 28.0 Å². The lowest BCUT2D eigenvalue weighted by atomic mass is 10.0. The summed E-state index contributed by atoms with van der Waals surface area (Å²) in [5.74, 6) is -0.528. The van der Waals surface area contributed by atoms with Gasteiger partial charge < -0.3 is 10.6 Å². The minimum absolute atomic E-state index is 0.0483. The highest BCUT2D eigenvalue weighted by Gasteiger charge is 2.20. The first-order valence-corrected chi connectivity index (χ1v) is 16.3. The molecule has 0 aromatic heterocycles. The van der Waals surface area contributed by atoms with Crippen molar-refractivity contribution in [2.75, 3.05) is 11.1 Å². The van der Waals surface area contributed by atoms with E-state index in [1.54, 1.807) is 36.4 Å². The standard InChI is InChI=1S/C41H30N2O3S/c44-39(31-20-21-37-32(23-31)22-29-13-5-7-19-36(29)37)26-47-34-17-9-16-33(25-34)42-41(46)38(43-40(45)28-11-2-1-3-12-28)24-30-15-8-14-27-10-4-6-18-35(27)30/h1-21,23-25H,22,26H2,(H,42,46)(H,43,45)/b38-24-. The van der Waals surface area contributed by atoms with Crippen LogP contribution in [-0.2, 0) is 11.2 Å². The molecule has 7 rings (SSSR count). The highest BCUT2D eigenvalue weighted by atomic mass is 32.2. The monoisotopic (exact) mass is 630 g/mol. The molecule has 0 radical (unpaired) electrons. The normalized spacial score (nSPS) is 11.9. The Bertz CT molecular complexity index is 2180. The maximum absolute atomic E-state index is 13.7. The van der Waals surface area contributed by atoms with Gasteiger partial charge in [-0.3, -0.25) is 14.4 Å². The molecule has 6 aromatic rings. The van der Waals surface area contributed by atoms with E-state index in [2.05, 4.69) is 28.8 Å². The van der Waals surface area contributed by atoms with Gasteiger partial charge >= 0.3 is 0 Å². The fourth-order valence-corrected chi connectivity index (χ4v) is 6.74. The van der Waals surface area contributed by atoms with Crippen molar-refractivity contribution in [1.29, 1.82) is 0 Å². The fourth-order valence-electron chi connectivity index (χ4n) is 5.89. The van der Waals surface area contributed by atoms with Crippen LogP contribution in [0.5, 0.6) is 0 Å². The minimum Gasteiger partial charge on any atom is -0.321 e. The van der Waals surface area contributed by atoms with Gasteiger partial charge in [-0.1, -0.05) is 103 Å². The highest BCUT2D eigenvalue weighted by Crippen LogP contribution is 2.37. The number of nitrogens with one attached hydrogen (secondary N) is 2. The smallest absolute Gasteiger partial charge is 0.272 e. The molecule has 1 aliphatic rings. The number of ketones is 1. The van der Waals surface area contributed by atoms with Crippen molar-refractivity contribution in [3.8, 4) is 11.1 Å². The van der Waals surface area contributed by atoms with Crippen LogP contribution in [0.15, 0.2) is 150 Å². The van der Waals surface area contributed by atoms with E-state index in [0.717, 1.165) is 27.7 Å². The molecule has 0 heterocycles.